The van der Waals surface area contributed by atoms with Crippen molar-refractivity contribution in [3.05, 3.63) is 176 Å². The van der Waals surface area contributed by atoms with Gasteiger partial charge in [0.1, 0.15) is 0 Å². The second-order valence-corrected chi connectivity index (χ2v) is 12.8. The van der Waals surface area contributed by atoms with E-state index in [1.54, 1.807) is 0 Å². The highest BCUT2D eigenvalue weighted by Gasteiger charge is 2.22. The number of hydrogen-bond acceptors (Lipinski definition) is 3. The molecule has 3 heteroatoms. The molecule has 10 aromatic rings. The van der Waals surface area contributed by atoms with Gasteiger partial charge in [-0.3, -0.25) is 0 Å². The molecule has 0 bridgehead atoms. The largest absolute Gasteiger partial charge is 0.208 e. The first-order valence-corrected chi connectivity index (χ1v) is 17.0. The summed E-state index contributed by atoms with van der Waals surface area (Å²) >= 11 is 0. The molecule has 0 unspecified atom stereocenters. The molecule has 232 valence electrons. The van der Waals surface area contributed by atoms with Crippen LogP contribution in [0.3, 0.4) is 0 Å². The van der Waals surface area contributed by atoms with Crippen LogP contribution in [0.5, 0.6) is 0 Å². The number of nitrogens with zero attached hydrogens (tertiary/aromatic N) is 3. The summed E-state index contributed by atoms with van der Waals surface area (Å²) in [5.74, 6) is 1.96. The topological polar surface area (TPSA) is 38.7 Å². The van der Waals surface area contributed by atoms with Crippen molar-refractivity contribution in [3.8, 4) is 45.3 Å². The van der Waals surface area contributed by atoms with Crippen LogP contribution in [-0.4, -0.2) is 15.0 Å². The average molecular weight is 636 g/mol. The van der Waals surface area contributed by atoms with Gasteiger partial charge >= 0.3 is 0 Å². The van der Waals surface area contributed by atoms with Crippen LogP contribution in [0.1, 0.15) is 0 Å². The van der Waals surface area contributed by atoms with E-state index in [-0.39, 0.29) is 0 Å². The maximum Gasteiger partial charge on any atom is 0.165 e. The molecular formula is C47H29N3. The molecule has 0 aliphatic rings. The van der Waals surface area contributed by atoms with Crippen molar-refractivity contribution < 1.29 is 0 Å². The SMILES string of the molecule is c1ccc(-c2nc(-c3ccccc3)nc(-c3c4ccccc4c(-c4ccc5ccc6ccccc6c5c4)c4c3ccc3ccccc34)n2)cc1. The van der Waals surface area contributed by atoms with E-state index in [9.17, 15) is 0 Å². The van der Waals surface area contributed by atoms with Gasteiger partial charge in [0.25, 0.3) is 0 Å². The number of rotatable bonds is 4. The number of hydrogen-bond donors (Lipinski definition) is 0. The molecule has 3 nitrogen and oxygen atoms in total. The summed E-state index contributed by atoms with van der Waals surface area (Å²) in [5.41, 5.74) is 5.31. The predicted octanol–water partition coefficient (Wildman–Crippen LogP) is 12.3. The fraction of sp³-hybridized carbons (Fsp3) is 0. The number of benzene rings is 9. The first-order valence-electron chi connectivity index (χ1n) is 17.0. The van der Waals surface area contributed by atoms with Crippen molar-refractivity contribution in [2.75, 3.05) is 0 Å². The Hall–Kier alpha value is -6.71. The first-order chi connectivity index (χ1) is 24.8. The third-order valence-electron chi connectivity index (χ3n) is 9.87. The van der Waals surface area contributed by atoms with Gasteiger partial charge in [-0.1, -0.05) is 170 Å². The quantitative estimate of drug-likeness (QED) is 0.143. The van der Waals surface area contributed by atoms with E-state index < -0.39 is 0 Å². The highest BCUT2D eigenvalue weighted by Crippen LogP contribution is 2.46. The third kappa shape index (κ3) is 4.56. The van der Waals surface area contributed by atoms with Crippen molar-refractivity contribution in [2.45, 2.75) is 0 Å². The third-order valence-corrected chi connectivity index (χ3v) is 9.87. The van der Waals surface area contributed by atoms with Crippen molar-refractivity contribution in [2.24, 2.45) is 0 Å². The Balaban J connectivity index is 1.35. The van der Waals surface area contributed by atoms with Crippen LogP contribution < -0.4 is 0 Å². The van der Waals surface area contributed by atoms with E-state index >= 15 is 0 Å². The predicted molar refractivity (Wildman–Crippen MR) is 209 cm³/mol. The van der Waals surface area contributed by atoms with Crippen LogP contribution in [0, 0.1) is 0 Å². The number of aromatic nitrogens is 3. The summed E-state index contributed by atoms with van der Waals surface area (Å²) in [6.07, 6.45) is 0. The van der Waals surface area contributed by atoms with E-state index in [1.807, 2.05) is 36.4 Å². The molecule has 0 saturated heterocycles. The lowest BCUT2D eigenvalue weighted by Crippen LogP contribution is -2.01. The fourth-order valence-corrected chi connectivity index (χ4v) is 7.57. The molecule has 1 aromatic heterocycles. The smallest absolute Gasteiger partial charge is 0.165 e. The molecule has 0 aliphatic carbocycles. The Morgan fingerprint density at radius 1 is 0.260 bits per heavy atom. The van der Waals surface area contributed by atoms with Crippen LogP contribution >= 0.6 is 0 Å². The Morgan fingerprint density at radius 2 is 0.720 bits per heavy atom. The summed E-state index contributed by atoms with van der Waals surface area (Å²) in [7, 11) is 0. The summed E-state index contributed by atoms with van der Waals surface area (Å²) in [6, 6.07) is 62.3. The van der Waals surface area contributed by atoms with Crippen LogP contribution in [-0.2, 0) is 0 Å². The van der Waals surface area contributed by atoms with Crippen molar-refractivity contribution >= 4 is 53.9 Å². The Labute approximate surface area is 289 Å². The Kier molecular flexibility index (Phi) is 6.49. The first kappa shape index (κ1) is 28.3. The van der Waals surface area contributed by atoms with E-state index in [0.717, 1.165) is 32.8 Å². The van der Waals surface area contributed by atoms with Gasteiger partial charge in [0.2, 0.25) is 0 Å². The lowest BCUT2D eigenvalue weighted by molar-refractivity contribution is 1.08. The van der Waals surface area contributed by atoms with Gasteiger partial charge < -0.3 is 0 Å². The minimum Gasteiger partial charge on any atom is -0.208 e. The lowest BCUT2D eigenvalue weighted by atomic mass is 9.85. The molecule has 1 heterocycles. The van der Waals surface area contributed by atoms with Crippen LogP contribution in [0.25, 0.3) is 99.2 Å². The van der Waals surface area contributed by atoms with E-state index in [1.165, 1.54) is 48.8 Å². The highest BCUT2D eigenvalue weighted by molar-refractivity contribution is 6.28. The highest BCUT2D eigenvalue weighted by atomic mass is 15.0. The van der Waals surface area contributed by atoms with E-state index in [4.69, 9.17) is 15.0 Å². The standard InChI is InChI=1S/C47H29N3/c1-3-15-33(16-4-1)45-48-46(34-17-5-2-6-18-34)50-47(49-45)44-39-22-12-11-21-38(39)42(43-37-20-10-8-14-31(37)27-28-40(43)44)35-26-25-32-24-23-30-13-7-9-19-36(30)41(32)29-35/h1-29H. The zero-order valence-corrected chi connectivity index (χ0v) is 27.1. The maximum absolute atomic E-state index is 5.24. The zero-order valence-electron chi connectivity index (χ0n) is 27.1. The zero-order chi connectivity index (χ0) is 33.0. The second-order valence-electron chi connectivity index (χ2n) is 12.8. The van der Waals surface area contributed by atoms with E-state index in [0.29, 0.717) is 17.5 Å². The van der Waals surface area contributed by atoms with Crippen LogP contribution in [0.2, 0.25) is 0 Å². The molecular weight excluding hydrogens is 607 g/mol. The van der Waals surface area contributed by atoms with Gasteiger partial charge in [-0.25, -0.2) is 15.0 Å². The second kappa shape index (κ2) is 11.5. The Morgan fingerprint density at radius 3 is 1.38 bits per heavy atom. The molecule has 10 rings (SSSR count). The molecule has 9 aromatic carbocycles. The Bertz CT molecular complexity index is 2860. The summed E-state index contributed by atoms with van der Waals surface area (Å²) < 4.78 is 0. The lowest BCUT2D eigenvalue weighted by Gasteiger charge is -2.19. The van der Waals surface area contributed by atoms with Gasteiger partial charge in [0.05, 0.1) is 0 Å². The van der Waals surface area contributed by atoms with Crippen LogP contribution in [0.4, 0.5) is 0 Å². The molecule has 0 N–H and O–H groups in total. The molecule has 0 spiro atoms. The summed E-state index contributed by atoms with van der Waals surface area (Å²) in [6.45, 7) is 0. The molecule has 0 amide bonds. The number of fused-ring (bicyclic) bond motifs is 7. The van der Waals surface area contributed by atoms with Crippen molar-refractivity contribution in [1.82, 2.24) is 15.0 Å². The molecule has 0 aliphatic heterocycles. The van der Waals surface area contributed by atoms with Gasteiger partial charge in [-0.05, 0) is 71.1 Å². The molecule has 50 heavy (non-hydrogen) atoms. The van der Waals surface area contributed by atoms with Gasteiger partial charge in [-0.15, -0.1) is 0 Å². The van der Waals surface area contributed by atoms with Crippen molar-refractivity contribution in [3.63, 3.8) is 0 Å². The average Bonchev–Trinajstić information content (AvgIpc) is 3.20. The normalized spacial score (nSPS) is 11.6. The molecule has 0 fully saturated rings. The maximum atomic E-state index is 5.24. The molecule has 0 saturated carbocycles. The molecule has 0 radical (unpaired) electrons. The summed E-state index contributed by atoms with van der Waals surface area (Å²) in [5, 5.41) is 11.9. The van der Waals surface area contributed by atoms with E-state index in [2.05, 4.69) is 140 Å². The summed E-state index contributed by atoms with van der Waals surface area (Å²) in [4.78, 5) is 15.5. The fourth-order valence-electron chi connectivity index (χ4n) is 7.57. The minimum absolute atomic E-state index is 0.651. The monoisotopic (exact) mass is 635 g/mol. The minimum atomic E-state index is 0.651. The molecule has 0 atom stereocenters. The van der Waals surface area contributed by atoms with Gasteiger partial charge in [0.15, 0.2) is 17.5 Å². The van der Waals surface area contributed by atoms with Crippen molar-refractivity contribution in [1.29, 1.82) is 0 Å². The van der Waals surface area contributed by atoms with Gasteiger partial charge in [0, 0.05) is 16.7 Å². The van der Waals surface area contributed by atoms with Gasteiger partial charge in [-0.2, -0.15) is 0 Å². The van der Waals surface area contributed by atoms with Crippen LogP contribution in [0.15, 0.2) is 176 Å².